The van der Waals surface area contributed by atoms with E-state index in [1.807, 2.05) is 18.3 Å². The van der Waals surface area contributed by atoms with E-state index in [9.17, 15) is 4.79 Å². The monoisotopic (exact) mass is 166 g/mol. The molecule has 0 aromatic heterocycles. The number of hydrazone groups is 1. The third-order valence-corrected chi connectivity index (χ3v) is 3.00. The van der Waals surface area contributed by atoms with E-state index in [4.69, 9.17) is 0 Å². The van der Waals surface area contributed by atoms with Crippen LogP contribution in [0.4, 0.5) is 0 Å². The van der Waals surface area contributed by atoms with Crippen molar-refractivity contribution in [3.63, 3.8) is 0 Å². The van der Waals surface area contributed by atoms with Crippen LogP contribution in [0.5, 0.6) is 0 Å². The van der Waals surface area contributed by atoms with Gasteiger partial charge in [-0.2, -0.15) is 5.10 Å². The third-order valence-electron chi connectivity index (χ3n) is 3.00. The van der Waals surface area contributed by atoms with E-state index >= 15 is 0 Å². The van der Waals surface area contributed by atoms with Gasteiger partial charge in [-0.15, -0.1) is 0 Å². The molecule has 1 fully saturated rings. The van der Waals surface area contributed by atoms with Crippen molar-refractivity contribution in [2.75, 3.05) is 7.05 Å². The second-order valence-corrected chi connectivity index (χ2v) is 3.72. The van der Waals surface area contributed by atoms with Gasteiger partial charge in [-0.3, -0.25) is 5.01 Å². The SMILES string of the molecule is CN1N=CC2CCCC(C=O)C21. The summed E-state index contributed by atoms with van der Waals surface area (Å²) in [5, 5.41) is 6.18. The topological polar surface area (TPSA) is 32.7 Å². The standard InChI is InChI=1S/C9H14N2O/c1-11-9-7(5-10-11)3-2-4-8(9)6-12/h5-9H,2-4H2,1H3. The van der Waals surface area contributed by atoms with Crippen LogP contribution in [-0.4, -0.2) is 30.6 Å². The van der Waals surface area contributed by atoms with Crippen LogP contribution in [0.1, 0.15) is 19.3 Å². The van der Waals surface area contributed by atoms with Gasteiger partial charge in [0.1, 0.15) is 6.29 Å². The molecule has 0 aromatic carbocycles. The molecule has 0 amide bonds. The average Bonchev–Trinajstić information content (AvgIpc) is 2.48. The van der Waals surface area contributed by atoms with Crippen molar-refractivity contribution in [1.29, 1.82) is 0 Å². The lowest BCUT2D eigenvalue weighted by Gasteiger charge is -2.33. The van der Waals surface area contributed by atoms with Gasteiger partial charge in [-0.25, -0.2) is 0 Å². The molecule has 1 heterocycles. The smallest absolute Gasteiger partial charge is 0.125 e. The van der Waals surface area contributed by atoms with Crippen molar-refractivity contribution in [2.45, 2.75) is 25.3 Å². The molecule has 3 nitrogen and oxygen atoms in total. The van der Waals surface area contributed by atoms with Gasteiger partial charge in [-0.05, 0) is 12.8 Å². The summed E-state index contributed by atoms with van der Waals surface area (Å²) in [4.78, 5) is 10.8. The minimum absolute atomic E-state index is 0.205. The van der Waals surface area contributed by atoms with Crippen molar-refractivity contribution in [3.05, 3.63) is 0 Å². The number of hydrogen-bond donors (Lipinski definition) is 0. The Morgan fingerprint density at radius 2 is 2.42 bits per heavy atom. The fourth-order valence-corrected chi connectivity index (χ4v) is 2.38. The molecule has 1 aliphatic heterocycles. The van der Waals surface area contributed by atoms with Crippen molar-refractivity contribution in [3.8, 4) is 0 Å². The van der Waals surface area contributed by atoms with Gasteiger partial charge in [0.15, 0.2) is 0 Å². The maximum absolute atomic E-state index is 10.8. The Labute approximate surface area is 72.4 Å². The molecule has 3 heteroatoms. The maximum atomic E-state index is 10.8. The number of carbonyl (C=O) groups excluding carboxylic acids is 1. The summed E-state index contributed by atoms with van der Waals surface area (Å²) in [6.45, 7) is 0. The Balaban J connectivity index is 2.15. The van der Waals surface area contributed by atoms with Crippen LogP contribution in [0, 0.1) is 11.8 Å². The second kappa shape index (κ2) is 2.88. The molecule has 1 aliphatic carbocycles. The first-order valence-corrected chi connectivity index (χ1v) is 4.55. The predicted molar refractivity (Wildman–Crippen MR) is 46.9 cm³/mol. The molecule has 0 bridgehead atoms. The molecule has 1 saturated carbocycles. The van der Waals surface area contributed by atoms with Gasteiger partial charge in [0.25, 0.3) is 0 Å². The highest BCUT2D eigenvalue weighted by molar-refractivity contribution is 5.67. The Bertz CT molecular complexity index is 215. The first kappa shape index (κ1) is 7.77. The first-order chi connectivity index (χ1) is 5.83. The Morgan fingerprint density at radius 3 is 3.17 bits per heavy atom. The first-order valence-electron chi connectivity index (χ1n) is 4.55. The van der Waals surface area contributed by atoms with Gasteiger partial charge >= 0.3 is 0 Å². The summed E-state index contributed by atoms with van der Waals surface area (Å²) < 4.78 is 0. The molecule has 3 atom stereocenters. The predicted octanol–water partition coefficient (Wildman–Crippen LogP) is 0.901. The lowest BCUT2D eigenvalue weighted by molar-refractivity contribution is -0.114. The van der Waals surface area contributed by atoms with Crippen molar-refractivity contribution >= 4 is 12.5 Å². The Kier molecular flexibility index (Phi) is 1.87. The summed E-state index contributed by atoms with van der Waals surface area (Å²) in [5.74, 6) is 0.732. The van der Waals surface area contributed by atoms with Gasteiger partial charge in [0, 0.05) is 25.1 Å². The van der Waals surface area contributed by atoms with E-state index in [0.717, 1.165) is 12.7 Å². The van der Waals surface area contributed by atoms with Crippen molar-refractivity contribution in [1.82, 2.24) is 5.01 Å². The van der Waals surface area contributed by atoms with Gasteiger partial charge < -0.3 is 4.79 Å². The second-order valence-electron chi connectivity index (χ2n) is 3.72. The lowest BCUT2D eigenvalue weighted by Crippen LogP contribution is -2.40. The Morgan fingerprint density at radius 1 is 1.58 bits per heavy atom. The van der Waals surface area contributed by atoms with Gasteiger partial charge in [0.2, 0.25) is 0 Å². The highest BCUT2D eigenvalue weighted by Crippen LogP contribution is 2.33. The molecular weight excluding hydrogens is 152 g/mol. The zero-order valence-corrected chi connectivity index (χ0v) is 7.31. The Hall–Kier alpha value is -0.860. The molecule has 12 heavy (non-hydrogen) atoms. The zero-order valence-electron chi connectivity index (χ0n) is 7.31. The molecule has 66 valence electrons. The molecule has 0 spiro atoms. The van der Waals surface area contributed by atoms with Crippen LogP contribution in [0.3, 0.4) is 0 Å². The van der Waals surface area contributed by atoms with E-state index in [0.29, 0.717) is 12.0 Å². The maximum Gasteiger partial charge on any atom is 0.125 e. The van der Waals surface area contributed by atoms with Crippen LogP contribution in [0.15, 0.2) is 5.10 Å². The average molecular weight is 166 g/mol. The summed E-state index contributed by atoms with van der Waals surface area (Å²) >= 11 is 0. The van der Waals surface area contributed by atoms with E-state index in [-0.39, 0.29) is 5.92 Å². The van der Waals surface area contributed by atoms with Crippen LogP contribution in [-0.2, 0) is 4.79 Å². The summed E-state index contributed by atoms with van der Waals surface area (Å²) in [6, 6.07) is 0.358. The zero-order chi connectivity index (χ0) is 8.55. The normalized spacial score (nSPS) is 39.8. The number of aldehydes is 1. The third kappa shape index (κ3) is 1.04. The van der Waals surface area contributed by atoms with Crippen molar-refractivity contribution in [2.24, 2.45) is 16.9 Å². The number of carbonyl (C=O) groups is 1. The van der Waals surface area contributed by atoms with Gasteiger partial charge in [0.05, 0.1) is 6.04 Å². The van der Waals surface area contributed by atoms with Crippen molar-refractivity contribution < 1.29 is 4.79 Å². The number of fused-ring (bicyclic) bond motifs is 1. The van der Waals surface area contributed by atoms with Crippen LogP contribution < -0.4 is 0 Å². The molecule has 0 N–H and O–H groups in total. The fourth-order valence-electron chi connectivity index (χ4n) is 2.38. The molecular formula is C9H14N2O. The molecule has 3 unspecified atom stereocenters. The van der Waals surface area contributed by atoms with Crippen LogP contribution in [0.2, 0.25) is 0 Å². The summed E-state index contributed by atoms with van der Waals surface area (Å²) in [6.07, 6.45) is 6.51. The highest BCUT2D eigenvalue weighted by Gasteiger charge is 2.37. The molecule has 0 radical (unpaired) electrons. The van der Waals surface area contributed by atoms with Crippen LogP contribution >= 0.6 is 0 Å². The number of nitrogens with zero attached hydrogens (tertiary/aromatic N) is 2. The summed E-state index contributed by atoms with van der Waals surface area (Å²) in [7, 11) is 1.96. The minimum atomic E-state index is 0.205. The largest absolute Gasteiger partial charge is 0.303 e. The lowest BCUT2D eigenvalue weighted by atomic mass is 9.78. The number of hydrogen-bond acceptors (Lipinski definition) is 3. The quantitative estimate of drug-likeness (QED) is 0.542. The molecule has 2 rings (SSSR count). The van der Waals surface area contributed by atoms with E-state index in [2.05, 4.69) is 5.10 Å². The highest BCUT2D eigenvalue weighted by atomic mass is 16.1. The molecule has 0 saturated heterocycles. The van der Waals surface area contributed by atoms with Crippen LogP contribution in [0.25, 0.3) is 0 Å². The molecule has 2 aliphatic rings. The molecule has 0 aromatic rings. The van der Waals surface area contributed by atoms with Gasteiger partial charge in [-0.1, -0.05) is 6.42 Å². The minimum Gasteiger partial charge on any atom is -0.303 e. The van der Waals surface area contributed by atoms with E-state index in [1.54, 1.807) is 0 Å². The van der Waals surface area contributed by atoms with E-state index in [1.165, 1.54) is 12.8 Å². The summed E-state index contributed by atoms with van der Waals surface area (Å²) in [5.41, 5.74) is 0. The number of rotatable bonds is 1. The fraction of sp³-hybridized carbons (Fsp3) is 0.778. The van der Waals surface area contributed by atoms with E-state index < -0.39 is 0 Å².